The summed E-state index contributed by atoms with van der Waals surface area (Å²) < 4.78 is 10.1. The van der Waals surface area contributed by atoms with Crippen molar-refractivity contribution in [3.05, 3.63) is 83.6 Å². The highest BCUT2D eigenvalue weighted by Gasteiger charge is 2.12. The zero-order valence-electron chi connectivity index (χ0n) is 16.6. The van der Waals surface area contributed by atoms with Gasteiger partial charge < -0.3 is 19.9 Å². The molecule has 2 rings (SSSR count). The predicted octanol–water partition coefficient (Wildman–Crippen LogP) is 3.48. The molecule has 5 nitrogen and oxygen atoms in total. The lowest BCUT2D eigenvalue weighted by Gasteiger charge is -2.13. The molecule has 0 spiro atoms. The number of hydrogen-bond donors (Lipinski definition) is 2. The van der Waals surface area contributed by atoms with E-state index in [1.54, 1.807) is 14.2 Å². The molecule has 0 aromatic heterocycles. The SMILES string of the molecule is C=C(C(=O)NCc1ccc(OC)cc1)c1cccc(CC(O)/C(C)=C/OC)c1. The predicted molar refractivity (Wildman–Crippen MR) is 111 cm³/mol. The smallest absolute Gasteiger partial charge is 0.251 e. The number of aliphatic hydroxyl groups excluding tert-OH is 1. The number of amides is 1. The van der Waals surface area contributed by atoms with Crippen LogP contribution in [0.2, 0.25) is 0 Å². The molecule has 0 fully saturated rings. The van der Waals surface area contributed by atoms with Crippen LogP contribution in [0.1, 0.15) is 23.6 Å². The van der Waals surface area contributed by atoms with Crippen molar-refractivity contribution >= 4 is 11.5 Å². The van der Waals surface area contributed by atoms with E-state index in [1.165, 1.54) is 6.26 Å². The van der Waals surface area contributed by atoms with Gasteiger partial charge in [-0.1, -0.05) is 43.0 Å². The van der Waals surface area contributed by atoms with Crippen molar-refractivity contribution in [2.45, 2.75) is 26.0 Å². The lowest BCUT2D eigenvalue weighted by Crippen LogP contribution is -2.23. The molecule has 0 heterocycles. The maximum absolute atomic E-state index is 12.5. The molecule has 1 amide bonds. The summed E-state index contributed by atoms with van der Waals surface area (Å²) in [5.74, 6) is 0.540. The number of aliphatic hydroxyl groups is 1. The van der Waals surface area contributed by atoms with Crippen molar-refractivity contribution in [2.75, 3.05) is 14.2 Å². The number of hydrogen-bond acceptors (Lipinski definition) is 4. The molecule has 5 heteroatoms. The van der Waals surface area contributed by atoms with Gasteiger partial charge in [-0.2, -0.15) is 0 Å². The number of rotatable bonds is 9. The van der Waals surface area contributed by atoms with Gasteiger partial charge >= 0.3 is 0 Å². The third kappa shape index (κ3) is 5.99. The van der Waals surface area contributed by atoms with Crippen LogP contribution in [0.4, 0.5) is 0 Å². The lowest BCUT2D eigenvalue weighted by atomic mass is 9.98. The fraction of sp³-hybridized carbons (Fsp3) is 0.261. The quantitative estimate of drug-likeness (QED) is 0.515. The Hall–Kier alpha value is -3.05. The molecule has 1 atom stereocenters. The van der Waals surface area contributed by atoms with Crippen LogP contribution in [0.25, 0.3) is 5.57 Å². The topological polar surface area (TPSA) is 67.8 Å². The average Bonchev–Trinajstić information content (AvgIpc) is 2.72. The summed E-state index contributed by atoms with van der Waals surface area (Å²) in [7, 11) is 3.16. The summed E-state index contributed by atoms with van der Waals surface area (Å²) >= 11 is 0. The molecule has 0 radical (unpaired) electrons. The Kier molecular flexibility index (Phi) is 7.84. The minimum Gasteiger partial charge on any atom is -0.504 e. The van der Waals surface area contributed by atoms with Crippen LogP contribution in [-0.4, -0.2) is 31.3 Å². The van der Waals surface area contributed by atoms with Crippen LogP contribution in [0.5, 0.6) is 5.75 Å². The van der Waals surface area contributed by atoms with E-state index in [-0.39, 0.29) is 5.91 Å². The number of ether oxygens (including phenoxy) is 2. The third-order valence-electron chi connectivity index (χ3n) is 4.42. The molecule has 0 saturated carbocycles. The minimum absolute atomic E-state index is 0.232. The highest BCUT2D eigenvalue weighted by molar-refractivity contribution is 6.18. The van der Waals surface area contributed by atoms with Gasteiger partial charge in [0.1, 0.15) is 5.75 Å². The van der Waals surface area contributed by atoms with E-state index in [9.17, 15) is 9.90 Å². The maximum Gasteiger partial charge on any atom is 0.251 e. The van der Waals surface area contributed by atoms with Crippen LogP contribution in [0.3, 0.4) is 0 Å². The first-order chi connectivity index (χ1) is 13.4. The fourth-order valence-corrected chi connectivity index (χ4v) is 2.70. The summed E-state index contributed by atoms with van der Waals surface area (Å²) in [6.45, 7) is 6.14. The zero-order valence-corrected chi connectivity index (χ0v) is 16.6. The highest BCUT2D eigenvalue weighted by atomic mass is 16.5. The monoisotopic (exact) mass is 381 g/mol. The molecule has 2 aromatic carbocycles. The third-order valence-corrected chi connectivity index (χ3v) is 4.42. The number of benzene rings is 2. The molecule has 1 unspecified atom stereocenters. The Morgan fingerprint density at radius 1 is 1.18 bits per heavy atom. The normalized spacial score (nSPS) is 12.2. The van der Waals surface area contributed by atoms with Gasteiger partial charge in [0.25, 0.3) is 5.91 Å². The molecular formula is C23H27NO4. The minimum atomic E-state index is -0.646. The molecule has 0 bridgehead atoms. The van der Waals surface area contributed by atoms with E-state index >= 15 is 0 Å². The van der Waals surface area contributed by atoms with Gasteiger partial charge in [-0.25, -0.2) is 0 Å². The second-order valence-corrected chi connectivity index (χ2v) is 6.53. The van der Waals surface area contributed by atoms with Crippen molar-refractivity contribution in [1.29, 1.82) is 0 Å². The van der Waals surface area contributed by atoms with E-state index < -0.39 is 6.10 Å². The average molecular weight is 381 g/mol. The van der Waals surface area contributed by atoms with Crippen molar-refractivity contribution in [2.24, 2.45) is 0 Å². The standard InChI is InChI=1S/C23H27NO4/c1-16(15-27-3)22(25)13-19-6-5-7-20(12-19)17(2)23(26)24-14-18-8-10-21(28-4)11-9-18/h5-12,15,22,25H,2,13-14H2,1,3-4H3,(H,24,26)/b16-15+. The van der Waals surface area contributed by atoms with Crippen LogP contribution >= 0.6 is 0 Å². The molecule has 148 valence electrons. The Bertz CT molecular complexity index is 840. The fourth-order valence-electron chi connectivity index (χ4n) is 2.70. The zero-order chi connectivity index (χ0) is 20.5. The van der Waals surface area contributed by atoms with E-state index in [0.717, 1.165) is 28.0 Å². The molecule has 0 saturated heterocycles. The van der Waals surface area contributed by atoms with Crippen molar-refractivity contribution in [1.82, 2.24) is 5.32 Å². The van der Waals surface area contributed by atoms with Gasteiger partial charge in [0.05, 0.1) is 26.6 Å². The van der Waals surface area contributed by atoms with Crippen molar-refractivity contribution in [3.8, 4) is 5.75 Å². The summed E-state index contributed by atoms with van der Waals surface area (Å²) in [6, 6.07) is 15.0. The van der Waals surface area contributed by atoms with E-state index in [0.29, 0.717) is 18.5 Å². The second kappa shape index (κ2) is 10.3. The Morgan fingerprint density at radius 3 is 2.54 bits per heavy atom. The largest absolute Gasteiger partial charge is 0.504 e. The first kappa shape index (κ1) is 21.3. The van der Waals surface area contributed by atoms with Crippen LogP contribution < -0.4 is 10.1 Å². The van der Waals surface area contributed by atoms with Gasteiger partial charge in [0.15, 0.2) is 0 Å². The Morgan fingerprint density at radius 2 is 1.89 bits per heavy atom. The number of carbonyl (C=O) groups is 1. The molecule has 2 aromatic rings. The number of methoxy groups -OCH3 is 2. The molecule has 0 aliphatic heterocycles. The van der Waals surface area contributed by atoms with E-state index in [4.69, 9.17) is 9.47 Å². The van der Waals surface area contributed by atoms with Gasteiger partial charge in [-0.15, -0.1) is 0 Å². The Labute approximate surface area is 166 Å². The van der Waals surface area contributed by atoms with Crippen LogP contribution in [0, 0.1) is 0 Å². The van der Waals surface area contributed by atoms with Gasteiger partial charge in [-0.3, -0.25) is 4.79 Å². The van der Waals surface area contributed by atoms with Crippen molar-refractivity contribution < 1.29 is 19.4 Å². The molecule has 0 aliphatic rings. The highest BCUT2D eigenvalue weighted by Crippen LogP contribution is 2.18. The first-order valence-electron chi connectivity index (χ1n) is 9.01. The Balaban J connectivity index is 1.98. The number of nitrogens with one attached hydrogen (secondary N) is 1. The summed E-state index contributed by atoms with van der Waals surface area (Å²) in [4.78, 5) is 12.5. The van der Waals surface area contributed by atoms with Crippen LogP contribution in [0.15, 0.2) is 66.9 Å². The van der Waals surface area contributed by atoms with Gasteiger partial charge in [0, 0.05) is 18.5 Å². The summed E-state index contributed by atoms with van der Waals surface area (Å²) in [5.41, 5.74) is 3.74. The van der Waals surface area contributed by atoms with E-state index in [2.05, 4.69) is 11.9 Å². The van der Waals surface area contributed by atoms with Gasteiger partial charge in [-0.05, 0) is 41.3 Å². The molecule has 28 heavy (non-hydrogen) atoms. The second-order valence-electron chi connectivity index (χ2n) is 6.53. The molecular weight excluding hydrogens is 354 g/mol. The summed E-state index contributed by atoms with van der Waals surface area (Å²) in [5, 5.41) is 13.1. The summed E-state index contributed by atoms with van der Waals surface area (Å²) in [6.07, 6.45) is 1.31. The first-order valence-corrected chi connectivity index (χ1v) is 9.01. The van der Waals surface area contributed by atoms with Gasteiger partial charge in [0.2, 0.25) is 0 Å². The molecule has 2 N–H and O–H groups in total. The lowest BCUT2D eigenvalue weighted by molar-refractivity contribution is -0.115. The maximum atomic E-state index is 12.5. The van der Waals surface area contributed by atoms with E-state index in [1.807, 2.05) is 55.5 Å². The van der Waals surface area contributed by atoms with Crippen molar-refractivity contribution in [3.63, 3.8) is 0 Å². The van der Waals surface area contributed by atoms with Crippen LogP contribution in [-0.2, 0) is 22.5 Å². The number of carbonyl (C=O) groups excluding carboxylic acids is 1. The molecule has 0 aliphatic carbocycles.